The summed E-state index contributed by atoms with van der Waals surface area (Å²) < 4.78 is 12.9. The molecular formula is C25H26N6O2. The van der Waals surface area contributed by atoms with Gasteiger partial charge in [-0.25, -0.2) is 9.97 Å². The predicted molar refractivity (Wildman–Crippen MR) is 127 cm³/mol. The lowest BCUT2D eigenvalue weighted by molar-refractivity contribution is 0.125. The van der Waals surface area contributed by atoms with E-state index in [0.717, 1.165) is 29.0 Å². The number of aromatic nitrogens is 4. The maximum absolute atomic E-state index is 9.30. The first kappa shape index (κ1) is 22.4. The van der Waals surface area contributed by atoms with Crippen LogP contribution in [0.3, 0.4) is 0 Å². The van der Waals surface area contributed by atoms with Gasteiger partial charge in [0, 0.05) is 39.4 Å². The van der Waals surface area contributed by atoms with Crippen molar-refractivity contribution >= 4 is 17.1 Å². The fourth-order valence-corrected chi connectivity index (χ4v) is 3.68. The zero-order valence-corrected chi connectivity index (χ0v) is 18.7. The molecule has 0 aliphatic heterocycles. The highest BCUT2D eigenvalue weighted by Gasteiger charge is 2.17. The van der Waals surface area contributed by atoms with Gasteiger partial charge in [0.25, 0.3) is 0 Å². The smallest absolute Gasteiger partial charge is 0.226 e. The zero-order valence-electron chi connectivity index (χ0n) is 18.7. The van der Waals surface area contributed by atoms with Gasteiger partial charge in [0.1, 0.15) is 17.6 Å². The Morgan fingerprint density at radius 1 is 1.09 bits per heavy atom. The number of imidazole rings is 1. The van der Waals surface area contributed by atoms with Crippen LogP contribution >= 0.6 is 0 Å². The van der Waals surface area contributed by atoms with Crippen LogP contribution in [-0.4, -0.2) is 46.6 Å². The van der Waals surface area contributed by atoms with Crippen LogP contribution in [0.5, 0.6) is 0 Å². The number of ether oxygens (including phenoxy) is 2. The van der Waals surface area contributed by atoms with Gasteiger partial charge in [-0.1, -0.05) is 42.5 Å². The number of anilines is 1. The predicted octanol–water partition coefficient (Wildman–Crippen LogP) is 4.03. The van der Waals surface area contributed by atoms with Gasteiger partial charge in [0.15, 0.2) is 5.65 Å². The Balaban J connectivity index is 1.67. The van der Waals surface area contributed by atoms with E-state index in [1.54, 1.807) is 26.5 Å². The van der Waals surface area contributed by atoms with Crippen LogP contribution in [0, 0.1) is 11.3 Å². The highest BCUT2D eigenvalue weighted by molar-refractivity contribution is 5.77. The third-order valence-corrected chi connectivity index (χ3v) is 5.31. The molecule has 1 unspecified atom stereocenters. The minimum absolute atomic E-state index is 0.276. The monoisotopic (exact) mass is 442 g/mol. The molecule has 2 aromatic heterocycles. The van der Waals surface area contributed by atoms with Crippen molar-refractivity contribution < 1.29 is 9.47 Å². The van der Waals surface area contributed by atoms with Gasteiger partial charge in [-0.2, -0.15) is 10.2 Å². The van der Waals surface area contributed by atoms with Gasteiger partial charge in [-0.15, -0.1) is 0 Å². The fourth-order valence-electron chi connectivity index (χ4n) is 3.68. The lowest BCUT2D eigenvalue weighted by atomic mass is 10.1. The molecule has 0 bridgehead atoms. The molecule has 168 valence electrons. The number of nitrogens with one attached hydrogen (secondary N) is 1. The van der Waals surface area contributed by atoms with E-state index in [4.69, 9.17) is 19.4 Å². The van der Waals surface area contributed by atoms with E-state index < -0.39 is 0 Å². The summed E-state index contributed by atoms with van der Waals surface area (Å²) in [6.45, 7) is 1.29. The van der Waals surface area contributed by atoms with Crippen LogP contribution in [0.25, 0.3) is 22.6 Å². The molecule has 4 aromatic rings. The van der Waals surface area contributed by atoms with Gasteiger partial charge in [0.2, 0.25) is 5.95 Å². The van der Waals surface area contributed by atoms with E-state index in [2.05, 4.69) is 33.1 Å². The van der Waals surface area contributed by atoms with Gasteiger partial charge in [-0.3, -0.25) is 0 Å². The van der Waals surface area contributed by atoms with E-state index in [9.17, 15) is 5.26 Å². The zero-order chi connectivity index (χ0) is 23.0. The fraction of sp³-hybridized carbons (Fsp3) is 0.280. The van der Waals surface area contributed by atoms with Gasteiger partial charge >= 0.3 is 0 Å². The van der Waals surface area contributed by atoms with Crippen molar-refractivity contribution in [3.63, 3.8) is 0 Å². The van der Waals surface area contributed by atoms with Crippen LogP contribution in [0.1, 0.15) is 17.5 Å². The van der Waals surface area contributed by atoms with Crippen LogP contribution in [0.15, 0.2) is 60.8 Å². The van der Waals surface area contributed by atoms with Crippen LogP contribution in [0.2, 0.25) is 0 Å². The van der Waals surface area contributed by atoms with E-state index >= 15 is 0 Å². The van der Waals surface area contributed by atoms with Crippen molar-refractivity contribution in [3.05, 3.63) is 71.9 Å². The lowest BCUT2D eigenvalue weighted by Crippen LogP contribution is -2.25. The Hall–Kier alpha value is -3.80. The van der Waals surface area contributed by atoms with Gasteiger partial charge in [0.05, 0.1) is 17.8 Å². The van der Waals surface area contributed by atoms with Crippen molar-refractivity contribution in [2.75, 3.05) is 26.1 Å². The number of hydrogen-bond donors (Lipinski definition) is 1. The number of benzene rings is 2. The second-order valence-electron chi connectivity index (χ2n) is 7.59. The van der Waals surface area contributed by atoms with Crippen LogP contribution in [0.4, 0.5) is 5.95 Å². The van der Waals surface area contributed by atoms with Gasteiger partial charge in [-0.05, 0) is 24.1 Å². The normalized spacial score (nSPS) is 11.9. The van der Waals surface area contributed by atoms with Crippen molar-refractivity contribution in [3.8, 4) is 17.5 Å². The molecular weight excluding hydrogens is 416 g/mol. The van der Waals surface area contributed by atoms with Crippen LogP contribution < -0.4 is 5.32 Å². The first-order valence-corrected chi connectivity index (χ1v) is 10.8. The Morgan fingerprint density at radius 2 is 1.94 bits per heavy atom. The van der Waals surface area contributed by atoms with E-state index in [0.29, 0.717) is 36.6 Å². The summed E-state index contributed by atoms with van der Waals surface area (Å²) in [5, 5.41) is 12.6. The molecule has 2 aromatic carbocycles. The molecule has 33 heavy (non-hydrogen) atoms. The number of aryl methyl sites for hydroxylation is 1. The molecule has 2 heterocycles. The third kappa shape index (κ3) is 5.34. The number of methoxy groups -OCH3 is 2. The molecule has 0 fully saturated rings. The SMILES string of the molecule is COCCCn1c(-c2cccc(C#N)c2)nc2cnc(NC(Cc3ccccc3)OC)nc21. The Labute approximate surface area is 192 Å². The second-order valence-corrected chi connectivity index (χ2v) is 7.59. The summed E-state index contributed by atoms with van der Waals surface area (Å²) in [7, 11) is 3.35. The molecule has 0 radical (unpaired) electrons. The number of rotatable bonds is 10. The number of hydrogen-bond acceptors (Lipinski definition) is 7. The topological polar surface area (TPSA) is 97.9 Å². The largest absolute Gasteiger partial charge is 0.385 e. The summed E-state index contributed by atoms with van der Waals surface area (Å²) in [5.74, 6) is 1.22. The minimum Gasteiger partial charge on any atom is -0.385 e. The van der Waals surface area contributed by atoms with Crippen molar-refractivity contribution in [2.45, 2.75) is 25.6 Å². The molecule has 1 N–H and O–H groups in total. The molecule has 0 saturated carbocycles. The summed E-state index contributed by atoms with van der Waals surface area (Å²) in [5.41, 5.74) is 4.00. The van der Waals surface area contributed by atoms with E-state index in [-0.39, 0.29) is 6.23 Å². The van der Waals surface area contributed by atoms with Crippen molar-refractivity contribution in [1.82, 2.24) is 19.5 Å². The van der Waals surface area contributed by atoms with Crippen molar-refractivity contribution in [2.24, 2.45) is 0 Å². The molecule has 0 saturated heterocycles. The number of fused-ring (bicyclic) bond motifs is 1. The summed E-state index contributed by atoms with van der Waals surface area (Å²) >= 11 is 0. The van der Waals surface area contributed by atoms with Gasteiger partial charge < -0.3 is 19.4 Å². The standard InChI is InChI=1S/C25H26N6O2/c1-32-13-7-12-31-23(20-11-6-10-19(14-20)16-26)28-21-17-27-25(30-24(21)31)29-22(33-2)15-18-8-4-3-5-9-18/h3-6,8-11,14,17,22H,7,12-13,15H2,1-2H3,(H,27,29,30). The maximum atomic E-state index is 9.30. The molecule has 0 amide bonds. The first-order chi connectivity index (χ1) is 16.2. The summed E-state index contributed by atoms with van der Waals surface area (Å²) in [6.07, 6.45) is 2.91. The second kappa shape index (κ2) is 10.7. The minimum atomic E-state index is -0.276. The summed E-state index contributed by atoms with van der Waals surface area (Å²) in [4.78, 5) is 14.0. The molecule has 8 nitrogen and oxygen atoms in total. The Bertz CT molecular complexity index is 1250. The van der Waals surface area contributed by atoms with E-state index in [1.807, 2.05) is 36.4 Å². The molecule has 0 aliphatic rings. The van der Waals surface area contributed by atoms with Crippen LogP contribution in [-0.2, 0) is 22.4 Å². The van der Waals surface area contributed by atoms with Crippen molar-refractivity contribution in [1.29, 1.82) is 5.26 Å². The number of nitrogens with zero attached hydrogens (tertiary/aromatic N) is 5. The third-order valence-electron chi connectivity index (χ3n) is 5.31. The molecule has 0 spiro atoms. The average molecular weight is 443 g/mol. The highest BCUT2D eigenvalue weighted by Crippen LogP contribution is 2.25. The quantitative estimate of drug-likeness (QED) is 0.292. The Morgan fingerprint density at radius 3 is 2.70 bits per heavy atom. The van der Waals surface area contributed by atoms with E-state index in [1.165, 1.54) is 0 Å². The summed E-state index contributed by atoms with van der Waals surface area (Å²) in [6, 6.07) is 19.7. The molecule has 8 heteroatoms. The highest BCUT2D eigenvalue weighted by atomic mass is 16.5. The number of nitriles is 1. The maximum Gasteiger partial charge on any atom is 0.226 e. The molecule has 1 atom stereocenters. The lowest BCUT2D eigenvalue weighted by Gasteiger charge is -2.17. The first-order valence-electron chi connectivity index (χ1n) is 10.8. The molecule has 4 rings (SSSR count). The Kier molecular flexibility index (Phi) is 7.25. The molecule has 0 aliphatic carbocycles. The average Bonchev–Trinajstić information content (AvgIpc) is 3.22.